The number of hydrogen-bond acceptors (Lipinski definition) is 8. The summed E-state index contributed by atoms with van der Waals surface area (Å²) in [5, 5.41) is 13.2. The van der Waals surface area contributed by atoms with E-state index in [0.717, 1.165) is 9.78 Å². The molecule has 2 aliphatic heterocycles. The van der Waals surface area contributed by atoms with Crippen molar-refractivity contribution in [2.75, 3.05) is 19.5 Å². The first-order valence-electron chi connectivity index (χ1n) is 8.01. The summed E-state index contributed by atoms with van der Waals surface area (Å²) in [6.07, 6.45) is -0.973. The second kappa shape index (κ2) is 9.49. The number of nitrogens with two attached hydrogens (primary N) is 1. The summed E-state index contributed by atoms with van der Waals surface area (Å²) in [7, 11) is 1.27. The van der Waals surface area contributed by atoms with Crippen molar-refractivity contribution in [2.24, 2.45) is 5.73 Å². The number of fused-ring (bicyclic) bond motifs is 1. The average Bonchev–Trinajstić information content (AvgIpc) is 3.15. The van der Waals surface area contributed by atoms with E-state index in [0.29, 0.717) is 0 Å². The number of hydrogen-bond donors (Lipinski definition) is 3. The Morgan fingerprint density at radius 1 is 1.45 bits per heavy atom. The summed E-state index contributed by atoms with van der Waals surface area (Å²) in [5.41, 5.74) is 3.20. The molecule has 3 rings (SSSR count). The van der Waals surface area contributed by atoms with E-state index in [9.17, 15) is 24.3 Å². The second-order valence-corrected chi connectivity index (χ2v) is 8.05. The van der Waals surface area contributed by atoms with Gasteiger partial charge in [-0.1, -0.05) is 6.07 Å². The molecule has 29 heavy (non-hydrogen) atoms. The van der Waals surface area contributed by atoms with Crippen molar-refractivity contribution in [3.05, 3.63) is 33.7 Å². The van der Waals surface area contributed by atoms with Gasteiger partial charge >= 0.3 is 41.6 Å². The Hall–Kier alpha value is -1.57. The fourth-order valence-corrected chi connectivity index (χ4v) is 5.16. The Morgan fingerprint density at radius 3 is 2.72 bits per heavy atom. The number of methoxy groups -OCH3 is 1. The van der Waals surface area contributed by atoms with Gasteiger partial charge in [0.15, 0.2) is 0 Å². The monoisotopic (exact) mass is 451 g/mol. The number of carbonyl (C=O) groups is 4. The summed E-state index contributed by atoms with van der Waals surface area (Å²) < 4.78 is 10.0. The molecule has 152 valence electrons. The van der Waals surface area contributed by atoms with Gasteiger partial charge in [0, 0.05) is 23.3 Å². The molecule has 0 radical (unpaired) electrons. The van der Waals surface area contributed by atoms with E-state index >= 15 is 0 Å². The molecular formula is C16H18N3NaO7S2. The van der Waals surface area contributed by atoms with Crippen LogP contribution in [-0.2, 0) is 30.3 Å². The fourth-order valence-electron chi connectivity index (χ4n) is 3.04. The predicted molar refractivity (Wildman–Crippen MR) is 106 cm³/mol. The first-order chi connectivity index (χ1) is 13.3. The molecule has 3 amide bonds. The molecule has 2 atom stereocenters. The molecular weight excluding hydrogens is 433 g/mol. The zero-order valence-electron chi connectivity index (χ0n) is 14.7. The maximum atomic E-state index is 12.8. The first kappa shape index (κ1) is 23.7. The van der Waals surface area contributed by atoms with Crippen LogP contribution in [0.4, 0.5) is 4.79 Å². The van der Waals surface area contributed by atoms with Crippen LogP contribution >= 0.6 is 23.1 Å². The van der Waals surface area contributed by atoms with Crippen molar-refractivity contribution in [2.45, 2.75) is 17.5 Å². The molecule has 0 bridgehead atoms. The van der Waals surface area contributed by atoms with Gasteiger partial charge in [0.2, 0.25) is 5.91 Å². The summed E-state index contributed by atoms with van der Waals surface area (Å²) in [5.74, 6) is -2.31. The summed E-state index contributed by atoms with van der Waals surface area (Å²) in [6, 6.07) is 3.61. The van der Waals surface area contributed by atoms with Crippen LogP contribution in [0.25, 0.3) is 0 Å². The number of β-lactam (4-membered cyclic amide) rings is 1. The van der Waals surface area contributed by atoms with Crippen LogP contribution in [0.5, 0.6) is 0 Å². The van der Waals surface area contributed by atoms with E-state index in [1.165, 1.54) is 30.2 Å². The zero-order chi connectivity index (χ0) is 20.5. The second-order valence-electron chi connectivity index (χ2n) is 5.95. The first-order valence-corrected chi connectivity index (χ1v) is 9.94. The normalized spacial score (nSPS) is 22.9. The molecule has 1 saturated heterocycles. The fraction of sp³-hybridized carbons (Fsp3) is 0.375. The van der Waals surface area contributed by atoms with Gasteiger partial charge in [0.25, 0.3) is 11.6 Å². The van der Waals surface area contributed by atoms with E-state index in [1.807, 2.05) is 11.4 Å². The number of ether oxygens (including phenoxy) is 2. The Bertz CT molecular complexity index is 861. The minimum atomic E-state index is -1.66. The molecule has 1 aromatic heterocycles. The zero-order valence-corrected chi connectivity index (χ0v) is 16.3. The molecule has 3 heterocycles. The van der Waals surface area contributed by atoms with Gasteiger partial charge in [0.05, 0.1) is 6.42 Å². The van der Waals surface area contributed by atoms with Crippen LogP contribution in [0.2, 0.25) is 0 Å². The van der Waals surface area contributed by atoms with Crippen molar-refractivity contribution >= 4 is 76.5 Å². The van der Waals surface area contributed by atoms with E-state index < -0.39 is 35.0 Å². The van der Waals surface area contributed by atoms with E-state index in [-0.39, 0.29) is 59.6 Å². The van der Waals surface area contributed by atoms with Gasteiger partial charge in [-0.25, -0.2) is 9.59 Å². The molecule has 1 fully saturated rings. The van der Waals surface area contributed by atoms with Crippen molar-refractivity contribution in [1.82, 2.24) is 10.2 Å². The quantitative estimate of drug-likeness (QED) is 0.284. The number of amides is 3. The van der Waals surface area contributed by atoms with Gasteiger partial charge < -0.3 is 25.6 Å². The van der Waals surface area contributed by atoms with E-state index in [4.69, 9.17) is 10.5 Å². The maximum absolute atomic E-state index is 12.8. The number of rotatable bonds is 7. The van der Waals surface area contributed by atoms with Crippen LogP contribution in [0.1, 0.15) is 4.88 Å². The number of carboxylic acids is 1. The Kier molecular flexibility index (Phi) is 7.76. The number of nitrogens with one attached hydrogen (secondary N) is 1. The van der Waals surface area contributed by atoms with Crippen molar-refractivity contribution in [3.8, 4) is 0 Å². The number of thiophene rings is 1. The molecule has 0 spiro atoms. The predicted octanol–water partition coefficient (Wildman–Crippen LogP) is -0.550. The Morgan fingerprint density at radius 2 is 2.17 bits per heavy atom. The van der Waals surface area contributed by atoms with Gasteiger partial charge in [0.1, 0.15) is 17.7 Å². The molecule has 10 nitrogen and oxygen atoms in total. The van der Waals surface area contributed by atoms with Gasteiger partial charge in [-0.15, -0.1) is 23.1 Å². The van der Waals surface area contributed by atoms with Crippen molar-refractivity contribution in [3.63, 3.8) is 0 Å². The van der Waals surface area contributed by atoms with Gasteiger partial charge in [-0.3, -0.25) is 14.5 Å². The number of aliphatic carboxylic acids is 1. The van der Waals surface area contributed by atoms with Crippen LogP contribution in [0.15, 0.2) is 28.8 Å². The molecule has 0 aliphatic carbocycles. The van der Waals surface area contributed by atoms with Gasteiger partial charge in [-0.2, -0.15) is 0 Å². The third kappa shape index (κ3) is 4.47. The van der Waals surface area contributed by atoms with Crippen LogP contribution < -0.4 is 11.1 Å². The van der Waals surface area contributed by atoms with E-state index in [2.05, 4.69) is 10.1 Å². The number of primary amides is 1. The summed E-state index contributed by atoms with van der Waals surface area (Å²) in [4.78, 5) is 49.6. The van der Waals surface area contributed by atoms with Gasteiger partial charge in [-0.05, 0) is 11.4 Å². The summed E-state index contributed by atoms with van der Waals surface area (Å²) >= 11 is 2.60. The number of nitrogens with zero attached hydrogens (tertiary/aromatic N) is 1. The topological polar surface area (TPSA) is 148 Å². The SMILES string of the molecule is CO[C@@]1(NC(=O)Cc2cccs2)C(=O)N2C(C(=O)O)=C(COC(N)=O)CS[C@@H]21.[NaH]. The number of thioether (sulfide) groups is 1. The Labute approximate surface area is 196 Å². The molecule has 2 aliphatic rings. The van der Waals surface area contributed by atoms with Crippen molar-refractivity contribution in [1.29, 1.82) is 0 Å². The Balaban J connectivity index is 0.00000300. The van der Waals surface area contributed by atoms with Crippen LogP contribution in [0, 0.1) is 0 Å². The van der Waals surface area contributed by atoms with E-state index in [1.54, 1.807) is 6.07 Å². The molecule has 4 N–H and O–H groups in total. The molecule has 13 heteroatoms. The third-order valence-corrected chi connectivity index (χ3v) is 6.51. The number of carboxylic acid groups (broad SMARTS) is 1. The van der Waals surface area contributed by atoms with Crippen molar-refractivity contribution < 1.29 is 33.8 Å². The molecule has 0 unspecified atom stereocenters. The van der Waals surface area contributed by atoms with Crippen LogP contribution in [-0.4, -0.2) is 94.0 Å². The average molecular weight is 451 g/mol. The third-order valence-electron chi connectivity index (χ3n) is 4.26. The number of carbonyl (C=O) groups excluding carboxylic acids is 3. The van der Waals surface area contributed by atoms with Crippen LogP contribution in [0.3, 0.4) is 0 Å². The molecule has 0 aromatic carbocycles. The molecule has 1 aromatic rings. The standard InChI is InChI=1S/C16H17N3O7S2.Na.H/c1-25-16(18-10(20)5-9-3-2-4-27-9)13(23)19-11(12(21)22)8(6-26-15(17)24)7-28-14(16)19;;/h2-4,14H,5-7H2,1H3,(H2,17,24)(H,18,20)(H,21,22);;/t14-,16+;;/m1../s1. The summed E-state index contributed by atoms with van der Waals surface area (Å²) in [6.45, 7) is -0.342. The molecule has 0 saturated carbocycles. The minimum absolute atomic E-state index is 0.